The van der Waals surface area contributed by atoms with Crippen LogP contribution in [0.2, 0.25) is 0 Å². The number of benzene rings is 3. The minimum atomic E-state index is -0.477. The molecule has 0 aliphatic carbocycles. The lowest BCUT2D eigenvalue weighted by molar-refractivity contribution is 0.0729. The van der Waals surface area contributed by atoms with Crippen LogP contribution in [0.1, 0.15) is 57.9 Å². The molecule has 39 heavy (non-hydrogen) atoms. The van der Waals surface area contributed by atoms with Crippen LogP contribution in [0, 0.1) is 11.7 Å². The third-order valence-electron chi connectivity index (χ3n) is 6.78. The summed E-state index contributed by atoms with van der Waals surface area (Å²) in [5.41, 5.74) is 8.31. The van der Waals surface area contributed by atoms with Gasteiger partial charge in [0, 0.05) is 48.7 Å². The largest absolute Gasteiger partial charge is 0.460 e. The lowest BCUT2D eigenvalue weighted by Gasteiger charge is -2.26. The van der Waals surface area contributed by atoms with E-state index in [2.05, 4.69) is 0 Å². The molecular weight excluding hydrogens is 495 g/mol. The first-order valence-electron chi connectivity index (χ1n) is 13.1. The molecule has 6 nitrogen and oxygen atoms in total. The fourth-order valence-corrected chi connectivity index (χ4v) is 4.74. The van der Waals surface area contributed by atoms with Crippen LogP contribution < -0.4 is 11.2 Å². The molecule has 0 aliphatic rings. The molecule has 0 saturated heterocycles. The molecule has 4 rings (SSSR count). The van der Waals surface area contributed by atoms with E-state index in [1.807, 2.05) is 37.3 Å². The summed E-state index contributed by atoms with van der Waals surface area (Å²) in [6.45, 7) is 4.79. The number of rotatable bonds is 11. The summed E-state index contributed by atoms with van der Waals surface area (Å²) in [6, 6.07) is 20.2. The molecule has 1 unspecified atom stereocenters. The fourth-order valence-electron chi connectivity index (χ4n) is 4.74. The first kappa shape index (κ1) is 27.9. The zero-order valence-electron chi connectivity index (χ0n) is 22.3. The number of carbonyl (C=O) groups excluding carboxylic acids is 2. The second-order valence-electron chi connectivity index (χ2n) is 9.97. The Kier molecular flexibility index (Phi) is 9.04. The molecule has 0 radical (unpaired) electrons. The van der Waals surface area contributed by atoms with Crippen molar-refractivity contribution in [3.8, 4) is 0 Å². The van der Waals surface area contributed by atoms with E-state index in [1.54, 1.807) is 29.2 Å². The predicted molar refractivity (Wildman–Crippen MR) is 151 cm³/mol. The second-order valence-corrected chi connectivity index (χ2v) is 9.97. The molecular formula is C32H33FN2O4. The predicted octanol–water partition coefficient (Wildman–Crippen LogP) is 5.40. The van der Waals surface area contributed by atoms with Gasteiger partial charge in [0.1, 0.15) is 17.2 Å². The van der Waals surface area contributed by atoms with Gasteiger partial charge in [-0.2, -0.15) is 0 Å². The van der Waals surface area contributed by atoms with E-state index in [9.17, 15) is 18.8 Å². The van der Waals surface area contributed by atoms with Crippen molar-refractivity contribution in [2.45, 2.75) is 33.1 Å². The number of amides is 1. The van der Waals surface area contributed by atoms with Crippen molar-refractivity contribution < 1.29 is 18.4 Å². The van der Waals surface area contributed by atoms with Crippen molar-refractivity contribution in [3.05, 3.63) is 117 Å². The van der Waals surface area contributed by atoms with Crippen molar-refractivity contribution in [2.24, 2.45) is 11.7 Å². The smallest absolute Gasteiger partial charge is 0.253 e. The van der Waals surface area contributed by atoms with E-state index in [0.29, 0.717) is 66.7 Å². The van der Waals surface area contributed by atoms with Crippen LogP contribution in [-0.4, -0.2) is 36.2 Å². The fraction of sp³-hybridized carbons (Fsp3) is 0.281. The minimum Gasteiger partial charge on any atom is -0.460 e. The van der Waals surface area contributed by atoms with Crippen LogP contribution >= 0.6 is 0 Å². The van der Waals surface area contributed by atoms with Crippen LogP contribution in [0.15, 0.2) is 82.0 Å². The van der Waals surface area contributed by atoms with Gasteiger partial charge in [-0.05, 0) is 55.6 Å². The second kappa shape index (κ2) is 12.6. The summed E-state index contributed by atoms with van der Waals surface area (Å²) in [5, 5.41) is 0.340. The maximum Gasteiger partial charge on any atom is 0.253 e. The van der Waals surface area contributed by atoms with Gasteiger partial charge in [0.05, 0.1) is 5.39 Å². The summed E-state index contributed by atoms with van der Waals surface area (Å²) >= 11 is 0. The molecule has 0 fully saturated rings. The van der Waals surface area contributed by atoms with Gasteiger partial charge in [0.15, 0.2) is 11.2 Å². The molecule has 1 atom stereocenters. The normalized spacial score (nSPS) is 11.9. The number of nitrogens with two attached hydrogens (primary N) is 1. The summed E-state index contributed by atoms with van der Waals surface area (Å²) in [4.78, 5) is 40.2. The van der Waals surface area contributed by atoms with Gasteiger partial charge >= 0.3 is 0 Å². The van der Waals surface area contributed by atoms with E-state index < -0.39 is 5.82 Å². The Morgan fingerprint density at radius 3 is 2.36 bits per heavy atom. The summed E-state index contributed by atoms with van der Waals surface area (Å²) in [7, 11) is 0. The van der Waals surface area contributed by atoms with E-state index in [0.717, 1.165) is 5.56 Å². The van der Waals surface area contributed by atoms with Gasteiger partial charge in [0.25, 0.3) is 5.91 Å². The Labute approximate surface area is 227 Å². The molecule has 1 amide bonds. The zero-order chi connectivity index (χ0) is 27.9. The van der Waals surface area contributed by atoms with Crippen LogP contribution in [0.5, 0.6) is 0 Å². The van der Waals surface area contributed by atoms with Crippen LogP contribution in [0.25, 0.3) is 11.0 Å². The zero-order valence-corrected chi connectivity index (χ0v) is 22.3. The number of halogens is 1. The number of carbonyl (C=O) groups is 2. The van der Waals surface area contributed by atoms with Gasteiger partial charge < -0.3 is 15.1 Å². The van der Waals surface area contributed by atoms with Gasteiger partial charge in [-0.25, -0.2) is 4.39 Å². The Morgan fingerprint density at radius 1 is 1.00 bits per heavy atom. The molecule has 3 aromatic carbocycles. The van der Waals surface area contributed by atoms with Gasteiger partial charge in [0.2, 0.25) is 0 Å². The van der Waals surface area contributed by atoms with Crippen molar-refractivity contribution in [1.29, 1.82) is 0 Å². The average molecular weight is 529 g/mol. The molecule has 202 valence electrons. The van der Waals surface area contributed by atoms with Crippen LogP contribution in [-0.2, 0) is 12.8 Å². The minimum absolute atomic E-state index is 0.0642. The highest BCUT2D eigenvalue weighted by Gasteiger charge is 2.22. The molecule has 0 bridgehead atoms. The highest BCUT2D eigenvalue weighted by Crippen LogP contribution is 2.23. The first-order valence-corrected chi connectivity index (χ1v) is 13.1. The highest BCUT2D eigenvalue weighted by atomic mass is 19.1. The van der Waals surface area contributed by atoms with Crippen LogP contribution in [0.3, 0.4) is 0 Å². The Balaban J connectivity index is 1.62. The quantitative estimate of drug-likeness (QED) is 0.263. The van der Waals surface area contributed by atoms with Gasteiger partial charge in [-0.3, -0.25) is 14.4 Å². The van der Waals surface area contributed by atoms with Crippen molar-refractivity contribution in [1.82, 2.24) is 4.90 Å². The summed E-state index contributed by atoms with van der Waals surface area (Å²) in [5.74, 6) is -0.282. The van der Waals surface area contributed by atoms with Crippen molar-refractivity contribution >= 4 is 22.7 Å². The standard InChI is InChI=1S/C32H33FN2O4/c1-21(20-35(16-6-15-34)32(38)25-11-9-24(10-12-25)22(2)36)17-29-28(18-23-7-4-3-5-8-23)31(37)27-14-13-26(33)19-30(27)39-29/h3-5,7-14,19,21H,6,15-18,20,34H2,1-2H3. The number of nitrogens with zero attached hydrogens (tertiary/aromatic N) is 1. The Hall–Kier alpha value is -4.10. The molecule has 0 spiro atoms. The van der Waals surface area contributed by atoms with Crippen LogP contribution in [0.4, 0.5) is 4.39 Å². The van der Waals surface area contributed by atoms with Gasteiger partial charge in [-0.15, -0.1) is 0 Å². The number of hydrogen-bond donors (Lipinski definition) is 1. The maximum absolute atomic E-state index is 14.0. The van der Waals surface area contributed by atoms with E-state index in [-0.39, 0.29) is 28.6 Å². The lowest BCUT2D eigenvalue weighted by atomic mass is 9.96. The summed E-state index contributed by atoms with van der Waals surface area (Å²) < 4.78 is 20.1. The SMILES string of the molecule is CC(=O)c1ccc(C(=O)N(CCCN)CC(C)Cc2oc3cc(F)ccc3c(=O)c2Cc2ccccc2)cc1. The van der Waals surface area contributed by atoms with E-state index in [4.69, 9.17) is 10.2 Å². The molecule has 1 aromatic heterocycles. The molecule has 0 aliphatic heterocycles. The number of ketones is 1. The third-order valence-corrected chi connectivity index (χ3v) is 6.78. The number of fused-ring (bicyclic) bond motifs is 1. The first-order chi connectivity index (χ1) is 18.8. The topological polar surface area (TPSA) is 93.6 Å². The molecule has 7 heteroatoms. The Bertz CT molecular complexity index is 1510. The van der Waals surface area contributed by atoms with Crippen molar-refractivity contribution in [2.75, 3.05) is 19.6 Å². The van der Waals surface area contributed by atoms with Crippen molar-refractivity contribution in [3.63, 3.8) is 0 Å². The number of Topliss-reactive ketones (excluding diaryl/α,β-unsaturated/α-hetero) is 1. The lowest BCUT2D eigenvalue weighted by Crippen LogP contribution is -2.37. The average Bonchev–Trinajstić information content (AvgIpc) is 2.93. The molecule has 0 saturated carbocycles. The van der Waals surface area contributed by atoms with E-state index in [1.165, 1.54) is 25.1 Å². The monoisotopic (exact) mass is 528 g/mol. The Morgan fingerprint density at radius 2 is 1.69 bits per heavy atom. The maximum atomic E-state index is 14.0. The number of hydrogen-bond acceptors (Lipinski definition) is 5. The molecule has 2 N–H and O–H groups in total. The summed E-state index contributed by atoms with van der Waals surface area (Å²) in [6.07, 6.45) is 1.41. The molecule has 4 aromatic rings. The third kappa shape index (κ3) is 6.86. The molecule has 1 heterocycles. The van der Waals surface area contributed by atoms with Gasteiger partial charge in [-0.1, -0.05) is 49.4 Å². The van der Waals surface area contributed by atoms with E-state index >= 15 is 0 Å². The highest BCUT2D eigenvalue weighted by molar-refractivity contribution is 5.97.